The number of hydrogen-bond donors (Lipinski definition) is 7. The molecule has 4 amide bonds. The van der Waals surface area contributed by atoms with Crippen LogP contribution in [0.4, 0.5) is 13.2 Å². The van der Waals surface area contributed by atoms with Crippen molar-refractivity contribution in [3.8, 4) is 0 Å². The third-order valence-corrected chi connectivity index (χ3v) is 9.47. The van der Waals surface area contributed by atoms with Gasteiger partial charge in [0.2, 0.25) is 23.6 Å². The fourth-order valence-electron chi connectivity index (χ4n) is 6.60. The molecule has 2 saturated heterocycles. The van der Waals surface area contributed by atoms with E-state index in [1.165, 1.54) is 0 Å². The molecule has 4 atom stereocenters. The van der Waals surface area contributed by atoms with Crippen molar-refractivity contribution >= 4 is 40.5 Å². The average molecular weight is 779 g/mol. The monoisotopic (exact) mass is 778 g/mol. The van der Waals surface area contributed by atoms with E-state index < -0.39 is 48.1 Å². The highest BCUT2D eigenvalue weighted by Crippen LogP contribution is 2.20. The number of para-hydroxylation sites is 1. The van der Waals surface area contributed by atoms with E-state index in [9.17, 15) is 32.3 Å². The van der Waals surface area contributed by atoms with E-state index in [1.807, 2.05) is 91.1 Å². The molecule has 6 rings (SSSR count). The van der Waals surface area contributed by atoms with Gasteiger partial charge in [0, 0.05) is 55.7 Å². The number of fused-ring (bicyclic) bond motifs is 1. The lowest BCUT2D eigenvalue weighted by molar-refractivity contribution is -0.192. The second-order valence-electron chi connectivity index (χ2n) is 13.7. The molecule has 0 aliphatic carbocycles. The van der Waals surface area contributed by atoms with Crippen LogP contribution in [0.15, 0.2) is 91.1 Å². The number of carboxylic acids is 1. The number of H-pyrrole nitrogens is 1. The Morgan fingerprint density at radius 3 is 1.96 bits per heavy atom. The summed E-state index contributed by atoms with van der Waals surface area (Å²) in [5.41, 5.74) is 3.62. The first-order valence-corrected chi connectivity index (χ1v) is 18.3. The molecule has 0 bridgehead atoms. The molecule has 13 nitrogen and oxygen atoms in total. The smallest absolute Gasteiger partial charge is 0.475 e. The Morgan fingerprint density at radius 1 is 0.750 bits per heavy atom. The Morgan fingerprint density at radius 2 is 1.32 bits per heavy atom. The first kappa shape index (κ1) is 41.4. The maximum absolute atomic E-state index is 14.1. The highest BCUT2D eigenvalue weighted by molar-refractivity contribution is 5.95. The van der Waals surface area contributed by atoms with Gasteiger partial charge in [0.25, 0.3) is 0 Å². The fraction of sp³-hybridized carbons (Fsp3) is 0.375. The first-order chi connectivity index (χ1) is 26.9. The van der Waals surface area contributed by atoms with Crippen molar-refractivity contribution in [1.29, 1.82) is 0 Å². The van der Waals surface area contributed by atoms with Crippen molar-refractivity contribution in [2.75, 3.05) is 19.8 Å². The standard InChI is InChI=1S/C38H44N6O5.C2HF3O2/c45-35-22-34(41-28-15-17-49-18-16-28)36(46)40-24-29(19-25-9-3-1-4-10-25)42-37(47)32(20-26-11-5-2-6-12-26)44-38(48)33(43-35)21-27-23-39-31-14-8-7-13-30(27)31;3-2(4,5)1(6)7/h1-14,23,28-29,32-34,39,41H,15-22,24H2,(H,40,46)(H,42,47)(H,43,45)(H,44,48);(H,6,7)/t29-,32+,33+,34+;/m1./s1. The van der Waals surface area contributed by atoms with Crippen LogP contribution >= 0.6 is 0 Å². The molecule has 0 unspecified atom stereocenters. The topological polar surface area (TPSA) is 191 Å². The second-order valence-corrected chi connectivity index (χ2v) is 13.7. The van der Waals surface area contributed by atoms with Gasteiger partial charge in [0.1, 0.15) is 12.1 Å². The Kier molecular flexibility index (Phi) is 14.6. The van der Waals surface area contributed by atoms with Gasteiger partial charge in [-0.25, -0.2) is 4.79 Å². The maximum atomic E-state index is 14.1. The summed E-state index contributed by atoms with van der Waals surface area (Å²) in [7, 11) is 0. The van der Waals surface area contributed by atoms with Crippen LogP contribution in [0.2, 0.25) is 0 Å². The largest absolute Gasteiger partial charge is 0.490 e. The zero-order valence-electron chi connectivity index (χ0n) is 30.4. The lowest BCUT2D eigenvalue weighted by Crippen LogP contribution is -2.59. The minimum absolute atomic E-state index is 0.0000581. The van der Waals surface area contributed by atoms with E-state index in [4.69, 9.17) is 14.6 Å². The average Bonchev–Trinajstić information content (AvgIpc) is 3.59. The molecule has 1 aromatic heterocycles. The third-order valence-electron chi connectivity index (χ3n) is 9.47. The van der Waals surface area contributed by atoms with Crippen molar-refractivity contribution in [3.05, 3.63) is 108 Å². The van der Waals surface area contributed by atoms with Gasteiger partial charge in [-0.3, -0.25) is 19.2 Å². The van der Waals surface area contributed by atoms with E-state index >= 15 is 0 Å². The van der Waals surface area contributed by atoms with E-state index in [0.29, 0.717) is 32.5 Å². The van der Waals surface area contributed by atoms with Crippen molar-refractivity contribution in [1.82, 2.24) is 31.6 Å². The van der Waals surface area contributed by atoms with E-state index in [0.717, 1.165) is 27.6 Å². The summed E-state index contributed by atoms with van der Waals surface area (Å²) in [5.74, 6) is -4.40. The summed E-state index contributed by atoms with van der Waals surface area (Å²) in [4.78, 5) is 67.8. The van der Waals surface area contributed by atoms with Crippen LogP contribution in [-0.2, 0) is 48.0 Å². The van der Waals surface area contributed by atoms with E-state index in [-0.39, 0.29) is 43.7 Å². The van der Waals surface area contributed by atoms with Gasteiger partial charge in [-0.15, -0.1) is 0 Å². The Hall–Kier alpha value is -5.74. The van der Waals surface area contributed by atoms with Gasteiger partial charge in [0.15, 0.2) is 0 Å². The molecule has 16 heteroatoms. The van der Waals surface area contributed by atoms with Gasteiger partial charge in [-0.2, -0.15) is 13.2 Å². The number of halogens is 3. The number of carbonyl (C=O) groups excluding carboxylic acids is 4. The van der Waals surface area contributed by atoms with Crippen LogP contribution in [0.3, 0.4) is 0 Å². The summed E-state index contributed by atoms with van der Waals surface area (Å²) in [6.07, 6.45) is -1.10. The Bertz CT molecular complexity index is 1940. The van der Waals surface area contributed by atoms with Crippen LogP contribution in [0.1, 0.15) is 36.0 Å². The Balaban J connectivity index is 0.000000784. The van der Waals surface area contributed by atoms with Crippen LogP contribution in [-0.4, -0.2) is 95.8 Å². The predicted octanol–water partition coefficient (Wildman–Crippen LogP) is 2.94. The van der Waals surface area contributed by atoms with Crippen molar-refractivity contribution < 1.29 is 47.0 Å². The number of rotatable bonds is 8. The molecule has 0 saturated carbocycles. The number of carbonyl (C=O) groups is 5. The minimum Gasteiger partial charge on any atom is -0.475 e. The zero-order valence-corrected chi connectivity index (χ0v) is 30.4. The number of ether oxygens (including phenoxy) is 1. The molecule has 7 N–H and O–H groups in total. The molecule has 3 aromatic carbocycles. The molecule has 298 valence electrons. The van der Waals surface area contributed by atoms with Crippen LogP contribution in [0, 0.1) is 0 Å². The SMILES string of the molecule is O=C(O)C(F)(F)F.O=C1C[C@H](NC2CCOCC2)C(=O)NC[C@@H](Cc2ccccc2)NC(=O)[C@H](Cc2ccccc2)NC(=O)[C@H](Cc2c[nH]c3ccccc23)N1. The van der Waals surface area contributed by atoms with Gasteiger partial charge >= 0.3 is 12.1 Å². The fourth-order valence-corrected chi connectivity index (χ4v) is 6.60. The number of benzene rings is 3. The third kappa shape index (κ3) is 12.4. The molecule has 3 heterocycles. The zero-order chi connectivity index (χ0) is 40.1. The highest BCUT2D eigenvalue weighted by Gasteiger charge is 2.38. The number of aromatic nitrogens is 1. The summed E-state index contributed by atoms with van der Waals surface area (Å²) in [6.45, 7) is 1.28. The first-order valence-electron chi connectivity index (χ1n) is 18.3. The summed E-state index contributed by atoms with van der Waals surface area (Å²) in [5, 5.41) is 23.5. The molecule has 0 spiro atoms. The second kappa shape index (κ2) is 19.7. The molecule has 56 heavy (non-hydrogen) atoms. The number of aliphatic carboxylic acids is 1. The molecule has 2 aliphatic rings. The van der Waals surface area contributed by atoms with Crippen molar-refractivity contribution in [3.63, 3.8) is 0 Å². The maximum Gasteiger partial charge on any atom is 0.490 e. The molecule has 2 fully saturated rings. The molecular formula is C40H45F3N6O7. The summed E-state index contributed by atoms with van der Waals surface area (Å²) < 4.78 is 37.2. The van der Waals surface area contributed by atoms with Gasteiger partial charge in [-0.05, 0) is 42.0 Å². The highest BCUT2D eigenvalue weighted by atomic mass is 19.4. The van der Waals surface area contributed by atoms with Gasteiger partial charge < -0.3 is 41.4 Å². The number of alkyl halides is 3. The predicted molar refractivity (Wildman–Crippen MR) is 200 cm³/mol. The lowest BCUT2D eigenvalue weighted by Gasteiger charge is -2.30. The van der Waals surface area contributed by atoms with E-state index in [2.05, 4.69) is 31.6 Å². The number of hydrogen-bond acceptors (Lipinski definition) is 7. The molecular weight excluding hydrogens is 733 g/mol. The van der Waals surface area contributed by atoms with Gasteiger partial charge in [-0.1, -0.05) is 78.9 Å². The number of amides is 4. The van der Waals surface area contributed by atoms with Crippen LogP contribution < -0.4 is 26.6 Å². The summed E-state index contributed by atoms with van der Waals surface area (Å²) in [6, 6.07) is 23.7. The van der Waals surface area contributed by atoms with Gasteiger partial charge in [0.05, 0.1) is 18.5 Å². The molecule has 0 radical (unpaired) electrons. The van der Waals surface area contributed by atoms with Crippen LogP contribution in [0.25, 0.3) is 10.9 Å². The number of aromatic amines is 1. The minimum atomic E-state index is -5.08. The normalized spacial score (nSPS) is 21.7. The molecule has 4 aromatic rings. The van der Waals surface area contributed by atoms with Crippen molar-refractivity contribution in [2.45, 2.75) is 74.9 Å². The molecule has 2 aliphatic heterocycles. The van der Waals surface area contributed by atoms with Crippen LogP contribution in [0.5, 0.6) is 0 Å². The number of nitrogens with one attached hydrogen (secondary N) is 6. The van der Waals surface area contributed by atoms with E-state index in [1.54, 1.807) is 0 Å². The Labute approximate surface area is 321 Å². The quantitative estimate of drug-likeness (QED) is 0.142. The summed E-state index contributed by atoms with van der Waals surface area (Å²) >= 11 is 0. The lowest BCUT2D eigenvalue weighted by atomic mass is 10.00. The van der Waals surface area contributed by atoms with Crippen molar-refractivity contribution in [2.24, 2.45) is 0 Å². The number of carboxylic acid groups (broad SMARTS) is 1.